The van der Waals surface area contributed by atoms with Gasteiger partial charge in [0, 0.05) is 16.0 Å². The number of hydrogen-bond donors (Lipinski definition) is 0. The van der Waals surface area contributed by atoms with E-state index in [9.17, 15) is 0 Å². The molecule has 2 nitrogen and oxygen atoms in total. The first-order chi connectivity index (χ1) is 7.69. The van der Waals surface area contributed by atoms with Crippen LogP contribution in [-0.2, 0) is 0 Å². The summed E-state index contributed by atoms with van der Waals surface area (Å²) in [7, 11) is 0. The third kappa shape index (κ3) is 2.43. The van der Waals surface area contributed by atoms with Gasteiger partial charge in [-0.05, 0) is 37.6 Å². The molecule has 0 aliphatic heterocycles. The van der Waals surface area contributed by atoms with Crippen LogP contribution >= 0.6 is 23.1 Å². The second kappa shape index (κ2) is 4.69. The van der Waals surface area contributed by atoms with Gasteiger partial charge in [-0.1, -0.05) is 11.8 Å². The lowest BCUT2D eigenvalue weighted by Gasteiger charge is -2.02. The van der Waals surface area contributed by atoms with Crippen molar-refractivity contribution in [2.24, 2.45) is 0 Å². The summed E-state index contributed by atoms with van der Waals surface area (Å²) >= 11 is 3.30. The summed E-state index contributed by atoms with van der Waals surface area (Å²) in [5.74, 6) is 0. The van der Waals surface area contributed by atoms with Gasteiger partial charge < -0.3 is 0 Å². The van der Waals surface area contributed by atoms with Crippen LogP contribution in [-0.4, -0.2) is 4.98 Å². The lowest BCUT2D eigenvalue weighted by Crippen LogP contribution is -1.82. The van der Waals surface area contributed by atoms with Gasteiger partial charge in [0.25, 0.3) is 0 Å². The molecule has 0 atom stereocenters. The van der Waals surface area contributed by atoms with Crippen LogP contribution in [0.25, 0.3) is 0 Å². The van der Waals surface area contributed by atoms with Crippen molar-refractivity contribution in [1.29, 1.82) is 5.26 Å². The van der Waals surface area contributed by atoms with Crippen molar-refractivity contribution >= 4 is 23.1 Å². The predicted octanol–water partition coefficient (Wildman–Crippen LogP) is 3.78. The maximum atomic E-state index is 8.78. The molecule has 0 aliphatic rings. The Bertz CT molecular complexity index is 552. The second-order valence-electron chi connectivity index (χ2n) is 3.45. The quantitative estimate of drug-likeness (QED) is 0.809. The van der Waals surface area contributed by atoms with Crippen LogP contribution in [0.3, 0.4) is 0 Å². The first-order valence-corrected chi connectivity index (χ1v) is 6.49. The zero-order chi connectivity index (χ0) is 11.5. The Labute approximate surface area is 103 Å². The average molecular weight is 246 g/mol. The van der Waals surface area contributed by atoms with Crippen molar-refractivity contribution in [2.75, 3.05) is 0 Å². The monoisotopic (exact) mass is 246 g/mol. The zero-order valence-electron chi connectivity index (χ0n) is 9.02. The van der Waals surface area contributed by atoms with E-state index >= 15 is 0 Å². The van der Waals surface area contributed by atoms with Crippen molar-refractivity contribution in [3.05, 3.63) is 40.4 Å². The SMILES string of the molecule is Cc1csc(Sc2ccc(C#N)cc2C)n1. The molecule has 0 amide bonds. The smallest absolute Gasteiger partial charge is 0.154 e. The number of aryl methyl sites for hydroxylation is 2. The molecule has 1 aromatic heterocycles. The lowest BCUT2D eigenvalue weighted by atomic mass is 10.2. The molecular weight excluding hydrogens is 236 g/mol. The van der Waals surface area contributed by atoms with E-state index in [0.29, 0.717) is 5.56 Å². The van der Waals surface area contributed by atoms with Gasteiger partial charge in [-0.25, -0.2) is 4.98 Å². The molecule has 1 heterocycles. The maximum Gasteiger partial charge on any atom is 0.154 e. The zero-order valence-corrected chi connectivity index (χ0v) is 10.7. The van der Waals surface area contributed by atoms with Crippen LogP contribution in [0.1, 0.15) is 16.8 Å². The largest absolute Gasteiger partial charge is 0.235 e. The number of nitriles is 1. The summed E-state index contributed by atoms with van der Waals surface area (Å²) in [6.07, 6.45) is 0. The summed E-state index contributed by atoms with van der Waals surface area (Å²) < 4.78 is 1.05. The van der Waals surface area contributed by atoms with Gasteiger partial charge in [0.15, 0.2) is 4.34 Å². The van der Waals surface area contributed by atoms with Crippen LogP contribution in [0.2, 0.25) is 0 Å². The Balaban J connectivity index is 2.26. The van der Waals surface area contributed by atoms with Crippen molar-refractivity contribution in [3.63, 3.8) is 0 Å². The fourth-order valence-electron chi connectivity index (χ4n) is 1.31. The Morgan fingerprint density at radius 1 is 1.38 bits per heavy atom. The normalized spacial score (nSPS) is 10.1. The lowest BCUT2D eigenvalue weighted by molar-refractivity contribution is 1.15. The van der Waals surface area contributed by atoms with E-state index in [4.69, 9.17) is 5.26 Å². The van der Waals surface area contributed by atoms with Crippen molar-refractivity contribution in [3.8, 4) is 6.07 Å². The average Bonchev–Trinajstić information content (AvgIpc) is 2.67. The molecule has 0 bridgehead atoms. The Morgan fingerprint density at radius 2 is 2.19 bits per heavy atom. The molecule has 0 N–H and O–H groups in total. The van der Waals surface area contributed by atoms with E-state index in [0.717, 1.165) is 20.5 Å². The second-order valence-corrected chi connectivity index (χ2v) is 5.60. The molecule has 0 aliphatic carbocycles. The summed E-state index contributed by atoms with van der Waals surface area (Å²) in [5, 5.41) is 10.8. The van der Waals surface area contributed by atoms with Gasteiger partial charge >= 0.3 is 0 Å². The Hall–Kier alpha value is -1.31. The van der Waals surface area contributed by atoms with Gasteiger partial charge in [-0.3, -0.25) is 0 Å². The molecule has 0 saturated carbocycles. The van der Waals surface area contributed by atoms with E-state index in [-0.39, 0.29) is 0 Å². The van der Waals surface area contributed by atoms with E-state index in [1.807, 2.05) is 37.4 Å². The van der Waals surface area contributed by atoms with Gasteiger partial charge in [0.2, 0.25) is 0 Å². The minimum Gasteiger partial charge on any atom is -0.235 e. The fourth-order valence-corrected chi connectivity index (χ4v) is 3.17. The summed E-state index contributed by atoms with van der Waals surface area (Å²) in [6.45, 7) is 4.01. The Kier molecular flexibility index (Phi) is 3.28. The Morgan fingerprint density at radius 3 is 2.75 bits per heavy atom. The van der Waals surface area contributed by atoms with Crippen molar-refractivity contribution in [2.45, 2.75) is 23.1 Å². The molecule has 0 spiro atoms. The van der Waals surface area contributed by atoms with E-state index in [2.05, 4.69) is 11.1 Å². The minimum absolute atomic E-state index is 0.706. The molecule has 80 valence electrons. The first-order valence-electron chi connectivity index (χ1n) is 4.80. The molecule has 4 heteroatoms. The molecular formula is C12H10N2S2. The van der Waals surface area contributed by atoms with Crippen LogP contribution < -0.4 is 0 Å². The standard InChI is InChI=1S/C12H10N2S2/c1-8-5-10(6-13)3-4-11(8)16-12-14-9(2)7-15-12/h3-5,7H,1-2H3. The van der Waals surface area contributed by atoms with Gasteiger partial charge in [0.1, 0.15) is 0 Å². The first kappa shape index (κ1) is 11.2. The minimum atomic E-state index is 0.706. The third-order valence-corrected chi connectivity index (χ3v) is 4.33. The van der Waals surface area contributed by atoms with Crippen LogP contribution in [0.4, 0.5) is 0 Å². The molecule has 0 saturated heterocycles. The topological polar surface area (TPSA) is 36.7 Å². The highest BCUT2D eigenvalue weighted by molar-refractivity contribution is 8.01. The summed E-state index contributed by atoms with van der Waals surface area (Å²) in [5.41, 5.74) is 2.88. The van der Waals surface area contributed by atoms with E-state index in [1.165, 1.54) is 0 Å². The van der Waals surface area contributed by atoms with Gasteiger partial charge in [-0.15, -0.1) is 11.3 Å². The number of aromatic nitrogens is 1. The summed E-state index contributed by atoms with van der Waals surface area (Å²) in [6, 6.07) is 7.87. The highest BCUT2D eigenvalue weighted by Gasteiger charge is 2.05. The third-order valence-electron chi connectivity index (χ3n) is 2.10. The maximum absolute atomic E-state index is 8.78. The number of thiazole rings is 1. The number of nitrogens with zero attached hydrogens (tertiary/aromatic N) is 2. The van der Waals surface area contributed by atoms with Gasteiger partial charge in [-0.2, -0.15) is 5.26 Å². The van der Waals surface area contributed by atoms with Crippen LogP contribution in [0, 0.1) is 25.2 Å². The molecule has 2 rings (SSSR count). The predicted molar refractivity (Wildman–Crippen MR) is 66.9 cm³/mol. The van der Waals surface area contributed by atoms with Crippen molar-refractivity contribution < 1.29 is 0 Å². The molecule has 0 unspecified atom stereocenters. The number of hydrogen-bond acceptors (Lipinski definition) is 4. The number of benzene rings is 1. The highest BCUT2D eigenvalue weighted by atomic mass is 32.2. The van der Waals surface area contributed by atoms with Crippen LogP contribution in [0.5, 0.6) is 0 Å². The van der Waals surface area contributed by atoms with E-state index in [1.54, 1.807) is 23.1 Å². The number of rotatable bonds is 2. The highest BCUT2D eigenvalue weighted by Crippen LogP contribution is 2.32. The molecule has 2 aromatic rings. The van der Waals surface area contributed by atoms with Crippen LogP contribution in [0.15, 0.2) is 32.8 Å². The molecule has 0 radical (unpaired) electrons. The fraction of sp³-hybridized carbons (Fsp3) is 0.167. The van der Waals surface area contributed by atoms with Crippen molar-refractivity contribution in [1.82, 2.24) is 4.98 Å². The van der Waals surface area contributed by atoms with Gasteiger partial charge in [0.05, 0.1) is 11.6 Å². The summed E-state index contributed by atoms with van der Waals surface area (Å²) in [4.78, 5) is 5.57. The molecule has 16 heavy (non-hydrogen) atoms. The molecule has 1 aromatic carbocycles. The molecule has 0 fully saturated rings. The van der Waals surface area contributed by atoms with E-state index < -0.39 is 0 Å².